The number of benzene rings is 1. The zero-order valence-corrected chi connectivity index (χ0v) is 11.7. The summed E-state index contributed by atoms with van der Waals surface area (Å²) in [6.07, 6.45) is 0. The monoisotopic (exact) mass is 277 g/mol. The Kier molecular flexibility index (Phi) is 4.42. The molecule has 0 saturated carbocycles. The number of fused-ring (bicyclic) bond motifs is 1. The lowest BCUT2D eigenvalue weighted by Crippen LogP contribution is -2.26. The van der Waals surface area contributed by atoms with E-state index in [0.29, 0.717) is 24.2 Å². The van der Waals surface area contributed by atoms with Crippen LogP contribution in [0.3, 0.4) is 0 Å². The smallest absolute Gasteiger partial charge is 0.336 e. The zero-order chi connectivity index (χ0) is 14.7. The summed E-state index contributed by atoms with van der Waals surface area (Å²) in [5.41, 5.74) is 1.53. The van der Waals surface area contributed by atoms with Crippen molar-refractivity contribution in [3.8, 4) is 5.75 Å². The molecule has 0 atom stereocenters. The summed E-state index contributed by atoms with van der Waals surface area (Å²) in [5.74, 6) is 0.179. The first-order valence-electron chi connectivity index (χ1n) is 6.64. The summed E-state index contributed by atoms with van der Waals surface area (Å²) in [6, 6.07) is 4.73. The molecule has 20 heavy (non-hydrogen) atoms. The molecule has 2 rings (SSSR count). The van der Waals surface area contributed by atoms with Crippen molar-refractivity contribution in [1.82, 2.24) is 4.90 Å². The molecule has 0 radical (unpaired) electrons. The summed E-state index contributed by atoms with van der Waals surface area (Å²) < 4.78 is 5.18. The van der Waals surface area contributed by atoms with Crippen LogP contribution in [0.25, 0.3) is 11.0 Å². The second kappa shape index (κ2) is 6.07. The molecule has 0 fully saturated rings. The molecule has 1 heterocycles. The van der Waals surface area contributed by atoms with Crippen LogP contribution in [-0.2, 0) is 6.54 Å². The maximum Gasteiger partial charge on any atom is 0.336 e. The number of aryl methyl sites for hydroxylation is 1. The van der Waals surface area contributed by atoms with Gasteiger partial charge in [0.1, 0.15) is 11.3 Å². The van der Waals surface area contributed by atoms with E-state index in [1.165, 1.54) is 6.07 Å². The molecule has 1 aromatic heterocycles. The number of hydrogen-bond acceptors (Lipinski definition) is 5. The van der Waals surface area contributed by atoms with Crippen LogP contribution in [-0.4, -0.2) is 34.8 Å². The van der Waals surface area contributed by atoms with Crippen LogP contribution in [0.2, 0.25) is 0 Å². The van der Waals surface area contributed by atoms with E-state index in [0.717, 1.165) is 17.5 Å². The largest absolute Gasteiger partial charge is 0.508 e. The Labute approximate surface area is 117 Å². The molecular formula is C15H19NO4. The number of aliphatic hydroxyl groups excluding tert-OH is 1. The van der Waals surface area contributed by atoms with Crippen LogP contribution in [0.4, 0.5) is 0 Å². The van der Waals surface area contributed by atoms with E-state index in [-0.39, 0.29) is 12.4 Å². The molecule has 0 bridgehead atoms. The Bertz CT molecular complexity index is 663. The van der Waals surface area contributed by atoms with E-state index < -0.39 is 5.63 Å². The van der Waals surface area contributed by atoms with Crippen LogP contribution in [0.15, 0.2) is 27.4 Å². The number of hydrogen-bond donors (Lipinski definition) is 2. The van der Waals surface area contributed by atoms with Crippen LogP contribution in [0.5, 0.6) is 5.75 Å². The third-order valence-corrected chi connectivity index (χ3v) is 3.40. The average molecular weight is 277 g/mol. The van der Waals surface area contributed by atoms with Crippen molar-refractivity contribution in [2.45, 2.75) is 20.4 Å². The van der Waals surface area contributed by atoms with Crippen LogP contribution in [0, 0.1) is 6.92 Å². The van der Waals surface area contributed by atoms with Gasteiger partial charge in [-0.25, -0.2) is 4.79 Å². The number of aromatic hydroxyl groups is 1. The minimum absolute atomic E-state index is 0.0670. The standard InChI is InChI=1S/C15H19NO4/c1-3-16(4-5-17)9-11-7-15(19)20-14-6-10(2)13(18)8-12(11)14/h6-8,17-18H,3-5,9H2,1-2H3. The lowest BCUT2D eigenvalue weighted by Gasteiger charge is -2.19. The molecule has 5 nitrogen and oxygen atoms in total. The maximum absolute atomic E-state index is 11.6. The summed E-state index contributed by atoms with van der Waals surface area (Å²) in [7, 11) is 0. The second-order valence-electron chi connectivity index (χ2n) is 4.82. The second-order valence-corrected chi connectivity index (χ2v) is 4.82. The third-order valence-electron chi connectivity index (χ3n) is 3.40. The minimum Gasteiger partial charge on any atom is -0.508 e. The fourth-order valence-corrected chi connectivity index (χ4v) is 2.23. The Morgan fingerprint density at radius 3 is 2.70 bits per heavy atom. The molecule has 0 amide bonds. The first-order valence-corrected chi connectivity index (χ1v) is 6.64. The lowest BCUT2D eigenvalue weighted by molar-refractivity contribution is 0.197. The predicted molar refractivity (Wildman–Crippen MR) is 76.9 cm³/mol. The van der Waals surface area contributed by atoms with Gasteiger partial charge in [0.25, 0.3) is 0 Å². The number of nitrogens with zero attached hydrogens (tertiary/aromatic N) is 1. The van der Waals surface area contributed by atoms with E-state index in [9.17, 15) is 9.90 Å². The van der Waals surface area contributed by atoms with Gasteiger partial charge in [0, 0.05) is 24.5 Å². The molecule has 2 aromatic rings. The van der Waals surface area contributed by atoms with Crippen molar-refractivity contribution in [3.63, 3.8) is 0 Å². The van der Waals surface area contributed by atoms with Gasteiger partial charge >= 0.3 is 5.63 Å². The van der Waals surface area contributed by atoms with Crippen molar-refractivity contribution in [3.05, 3.63) is 39.7 Å². The Hall–Kier alpha value is -1.85. The van der Waals surface area contributed by atoms with Gasteiger partial charge in [-0.15, -0.1) is 0 Å². The van der Waals surface area contributed by atoms with Gasteiger partial charge in [-0.2, -0.15) is 0 Å². The highest BCUT2D eigenvalue weighted by Gasteiger charge is 2.11. The maximum atomic E-state index is 11.6. The molecule has 0 saturated heterocycles. The van der Waals surface area contributed by atoms with Crippen molar-refractivity contribution in [2.24, 2.45) is 0 Å². The number of aliphatic hydroxyl groups is 1. The van der Waals surface area contributed by atoms with Crippen LogP contribution < -0.4 is 5.63 Å². The van der Waals surface area contributed by atoms with Gasteiger partial charge in [0.2, 0.25) is 0 Å². The summed E-state index contributed by atoms with van der Waals surface area (Å²) >= 11 is 0. The van der Waals surface area contributed by atoms with Gasteiger partial charge in [-0.3, -0.25) is 4.90 Å². The molecule has 0 unspecified atom stereocenters. The third kappa shape index (κ3) is 3.00. The normalized spacial score (nSPS) is 11.4. The van der Waals surface area contributed by atoms with Crippen molar-refractivity contribution < 1.29 is 14.6 Å². The highest BCUT2D eigenvalue weighted by atomic mass is 16.4. The molecule has 1 aromatic carbocycles. The molecule has 2 N–H and O–H groups in total. The molecule has 108 valence electrons. The van der Waals surface area contributed by atoms with Gasteiger partial charge in [0.15, 0.2) is 0 Å². The number of likely N-dealkylation sites (N-methyl/N-ethyl adjacent to an activating group) is 1. The van der Waals surface area contributed by atoms with Crippen LogP contribution >= 0.6 is 0 Å². The van der Waals surface area contributed by atoms with E-state index in [1.54, 1.807) is 19.1 Å². The van der Waals surface area contributed by atoms with E-state index in [1.807, 2.05) is 11.8 Å². The number of phenols is 1. The fourth-order valence-electron chi connectivity index (χ4n) is 2.23. The number of phenolic OH excluding ortho intramolecular Hbond substituents is 1. The minimum atomic E-state index is -0.405. The first-order chi connectivity index (χ1) is 9.55. The lowest BCUT2D eigenvalue weighted by atomic mass is 10.1. The van der Waals surface area contributed by atoms with E-state index in [4.69, 9.17) is 9.52 Å². The molecule has 0 aliphatic rings. The number of rotatable bonds is 5. The summed E-state index contributed by atoms with van der Waals surface area (Å²) in [4.78, 5) is 13.7. The zero-order valence-electron chi connectivity index (χ0n) is 11.7. The SMILES string of the molecule is CCN(CCO)Cc1cc(=O)oc2cc(C)c(O)cc12. The first kappa shape index (κ1) is 14.6. The molecule has 0 aliphatic carbocycles. The van der Waals surface area contributed by atoms with Crippen molar-refractivity contribution in [2.75, 3.05) is 19.7 Å². The fraction of sp³-hybridized carbons (Fsp3) is 0.400. The topological polar surface area (TPSA) is 73.9 Å². The Morgan fingerprint density at radius 2 is 2.05 bits per heavy atom. The van der Waals surface area contributed by atoms with Crippen molar-refractivity contribution >= 4 is 11.0 Å². The van der Waals surface area contributed by atoms with E-state index in [2.05, 4.69) is 0 Å². The Balaban J connectivity index is 2.51. The van der Waals surface area contributed by atoms with Gasteiger partial charge < -0.3 is 14.6 Å². The van der Waals surface area contributed by atoms with Crippen LogP contribution in [0.1, 0.15) is 18.1 Å². The molecular weight excluding hydrogens is 258 g/mol. The molecule has 5 heteroatoms. The highest BCUT2D eigenvalue weighted by molar-refractivity contribution is 5.82. The van der Waals surface area contributed by atoms with Gasteiger partial charge in [0.05, 0.1) is 6.61 Å². The van der Waals surface area contributed by atoms with Gasteiger partial charge in [-0.05, 0) is 36.7 Å². The predicted octanol–water partition coefficient (Wildman–Crippen LogP) is 1.62. The highest BCUT2D eigenvalue weighted by Crippen LogP contribution is 2.26. The summed E-state index contributed by atoms with van der Waals surface area (Å²) in [6.45, 7) is 5.64. The molecule has 0 spiro atoms. The quantitative estimate of drug-likeness (QED) is 0.812. The summed E-state index contributed by atoms with van der Waals surface area (Å²) in [5, 5.41) is 19.6. The van der Waals surface area contributed by atoms with E-state index >= 15 is 0 Å². The van der Waals surface area contributed by atoms with Crippen molar-refractivity contribution in [1.29, 1.82) is 0 Å². The average Bonchev–Trinajstić information content (AvgIpc) is 2.40. The molecule has 0 aliphatic heterocycles. The Morgan fingerprint density at radius 1 is 1.30 bits per heavy atom. The van der Waals surface area contributed by atoms with Gasteiger partial charge in [-0.1, -0.05) is 6.92 Å².